The summed E-state index contributed by atoms with van der Waals surface area (Å²) in [5.41, 5.74) is 0. The van der Waals surface area contributed by atoms with Crippen molar-refractivity contribution in [2.75, 3.05) is 6.54 Å². The third-order valence-electron chi connectivity index (χ3n) is 4.40. The fourth-order valence-corrected chi connectivity index (χ4v) is 3.13. The molecule has 21 heavy (non-hydrogen) atoms. The molecular weight excluding hydrogens is 286 g/mol. The number of para-hydroxylation sites is 1. The van der Waals surface area contributed by atoms with Crippen LogP contribution in [0, 0.1) is 5.92 Å². The maximum Gasteiger partial charge on any atom is 0.250 e. The SMILES string of the molecule is CC(CC1CCC1)N1CC(Oc2ccccc2Cl)=CC1=O. The molecule has 112 valence electrons. The number of nitrogens with zero attached hydrogens (tertiary/aromatic N) is 1. The zero-order chi connectivity index (χ0) is 14.8. The monoisotopic (exact) mass is 305 g/mol. The summed E-state index contributed by atoms with van der Waals surface area (Å²) in [6.07, 6.45) is 6.63. The fraction of sp³-hybridized carbons (Fsp3) is 0.471. The van der Waals surface area contributed by atoms with Crippen molar-refractivity contribution in [3.63, 3.8) is 0 Å². The number of hydrogen-bond donors (Lipinski definition) is 0. The lowest BCUT2D eigenvalue weighted by Crippen LogP contribution is -2.37. The summed E-state index contributed by atoms with van der Waals surface area (Å²) < 4.78 is 5.77. The van der Waals surface area contributed by atoms with Gasteiger partial charge in [0, 0.05) is 12.1 Å². The Kier molecular flexibility index (Phi) is 4.20. The van der Waals surface area contributed by atoms with E-state index in [0.29, 0.717) is 23.1 Å². The van der Waals surface area contributed by atoms with E-state index in [4.69, 9.17) is 16.3 Å². The van der Waals surface area contributed by atoms with Crippen LogP contribution in [0.25, 0.3) is 0 Å². The highest BCUT2D eigenvalue weighted by Gasteiger charge is 2.30. The van der Waals surface area contributed by atoms with Crippen LogP contribution in [0.4, 0.5) is 0 Å². The number of benzene rings is 1. The maximum absolute atomic E-state index is 12.1. The van der Waals surface area contributed by atoms with E-state index >= 15 is 0 Å². The molecule has 2 aliphatic rings. The van der Waals surface area contributed by atoms with Crippen LogP contribution in [0.2, 0.25) is 5.02 Å². The first-order valence-electron chi connectivity index (χ1n) is 7.57. The van der Waals surface area contributed by atoms with E-state index in [1.807, 2.05) is 23.1 Å². The van der Waals surface area contributed by atoms with Crippen LogP contribution in [0.1, 0.15) is 32.6 Å². The van der Waals surface area contributed by atoms with Crippen molar-refractivity contribution in [3.8, 4) is 5.75 Å². The summed E-state index contributed by atoms with van der Waals surface area (Å²) in [6, 6.07) is 7.59. The molecule has 0 N–H and O–H groups in total. The van der Waals surface area contributed by atoms with Gasteiger partial charge >= 0.3 is 0 Å². The molecule has 0 radical (unpaired) electrons. The van der Waals surface area contributed by atoms with E-state index in [2.05, 4.69) is 6.92 Å². The average Bonchev–Trinajstić information content (AvgIpc) is 2.77. The van der Waals surface area contributed by atoms with Crippen molar-refractivity contribution in [1.82, 2.24) is 4.90 Å². The number of carbonyl (C=O) groups is 1. The van der Waals surface area contributed by atoms with E-state index in [1.54, 1.807) is 12.1 Å². The van der Waals surface area contributed by atoms with Crippen LogP contribution in [-0.2, 0) is 4.79 Å². The first-order valence-corrected chi connectivity index (χ1v) is 7.95. The molecule has 0 aromatic heterocycles. The topological polar surface area (TPSA) is 29.5 Å². The molecule has 1 aromatic carbocycles. The van der Waals surface area contributed by atoms with E-state index in [1.165, 1.54) is 19.3 Å². The molecule has 1 amide bonds. The van der Waals surface area contributed by atoms with E-state index in [-0.39, 0.29) is 11.9 Å². The zero-order valence-corrected chi connectivity index (χ0v) is 13.0. The maximum atomic E-state index is 12.1. The quantitative estimate of drug-likeness (QED) is 0.822. The summed E-state index contributed by atoms with van der Waals surface area (Å²) in [7, 11) is 0. The van der Waals surface area contributed by atoms with Crippen molar-refractivity contribution in [3.05, 3.63) is 41.1 Å². The van der Waals surface area contributed by atoms with Crippen molar-refractivity contribution < 1.29 is 9.53 Å². The van der Waals surface area contributed by atoms with Gasteiger partial charge in [-0.25, -0.2) is 0 Å². The number of rotatable bonds is 5. The number of hydrogen-bond acceptors (Lipinski definition) is 2. The zero-order valence-electron chi connectivity index (χ0n) is 12.2. The van der Waals surface area contributed by atoms with Gasteiger partial charge in [0.15, 0.2) is 0 Å². The number of ether oxygens (including phenoxy) is 1. The Hall–Kier alpha value is -1.48. The Labute approximate surface area is 130 Å². The minimum absolute atomic E-state index is 0.0453. The van der Waals surface area contributed by atoms with Gasteiger partial charge in [-0.3, -0.25) is 4.79 Å². The molecule has 1 heterocycles. The van der Waals surface area contributed by atoms with Crippen LogP contribution in [0.15, 0.2) is 36.1 Å². The standard InChI is InChI=1S/C17H20ClNO2/c1-12(9-13-5-4-6-13)19-11-14(10-17(19)20)21-16-8-3-2-7-15(16)18/h2-3,7-8,10,12-13H,4-6,9,11H2,1H3. The fourth-order valence-electron chi connectivity index (χ4n) is 2.95. The second kappa shape index (κ2) is 6.10. The summed E-state index contributed by atoms with van der Waals surface area (Å²) >= 11 is 6.08. The molecule has 1 aromatic rings. The van der Waals surface area contributed by atoms with E-state index in [9.17, 15) is 4.79 Å². The van der Waals surface area contributed by atoms with Gasteiger partial charge in [0.05, 0.1) is 11.6 Å². The van der Waals surface area contributed by atoms with Gasteiger partial charge in [-0.2, -0.15) is 0 Å². The normalized spacial score (nSPS) is 20.2. The lowest BCUT2D eigenvalue weighted by molar-refractivity contribution is -0.126. The van der Waals surface area contributed by atoms with Crippen LogP contribution in [0.5, 0.6) is 5.75 Å². The average molecular weight is 306 g/mol. The lowest BCUT2D eigenvalue weighted by atomic mass is 9.81. The van der Waals surface area contributed by atoms with Crippen molar-refractivity contribution in [2.45, 2.75) is 38.6 Å². The molecule has 3 rings (SSSR count). The molecule has 1 aliphatic heterocycles. The Balaban J connectivity index is 1.60. The molecule has 1 fully saturated rings. The first kappa shape index (κ1) is 14.5. The van der Waals surface area contributed by atoms with Crippen LogP contribution in [-0.4, -0.2) is 23.4 Å². The third kappa shape index (κ3) is 3.24. The van der Waals surface area contributed by atoms with Crippen LogP contribution in [0.3, 0.4) is 0 Å². The highest BCUT2D eigenvalue weighted by molar-refractivity contribution is 6.32. The Morgan fingerprint density at radius 3 is 2.81 bits per heavy atom. The number of carbonyl (C=O) groups excluding carboxylic acids is 1. The van der Waals surface area contributed by atoms with Crippen molar-refractivity contribution >= 4 is 17.5 Å². The van der Waals surface area contributed by atoms with Crippen molar-refractivity contribution in [1.29, 1.82) is 0 Å². The van der Waals surface area contributed by atoms with Gasteiger partial charge < -0.3 is 9.64 Å². The van der Waals surface area contributed by atoms with Gasteiger partial charge in [-0.15, -0.1) is 0 Å². The van der Waals surface area contributed by atoms with Gasteiger partial charge in [-0.1, -0.05) is 43.0 Å². The molecule has 0 bridgehead atoms. The second-order valence-corrected chi connectivity index (χ2v) is 6.40. The first-order chi connectivity index (χ1) is 10.1. The molecule has 3 nitrogen and oxygen atoms in total. The van der Waals surface area contributed by atoms with Gasteiger partial charge in [0.25, 0.3) is 5.91 Å². The Morgan fingerprint density at radius 2 is 2.14 bits per heavy atom. The third-order valence-corrected chi connectivity index (χ3v) is 4.71. The molecule has 1 atom stereocenters. The van der Waals surface area contributed by atoms with Gasteiger partial charge in [0.2, 0.25) is 0 Å². The highest BCUT2D eigenvalue weighted by Crippen LogP contribution is 2.33. The van der Waals surface area contributed by atoms with Crippen LogP contribution < -0.4 is 4.74 Å². The molecule has 1 saturated carbocycles. The predicted octanol–water partition coefficient (Wildman–Crippen LogP) is 4.02. The number of halogens is 1. The lowest BCUT2D eigenvalue weighted by Gasteiger charge is -2.32. The summed E-state index contributed by atoms with van der Waals surface area (Å²) in [5, 5.41) is 0.562. The smallest absolute Gasteiger partial charge is 0.250 e. The predicted molar refractivity (Wildman–Crippen MR) is 83.3 cm³/mol. The molecular formula is C17H20ClNO2. The molecule has 1 aliphatic carbocycles. The Bertz CT molecular complexity index is 566. The Morgan fingerprint density at radius 1 is 1.38 bits per heavy atom. The minimum Gasteiger partial charge on any atom is -0.458 e. The second-order valence-electron chi connectivity index (χ2n) is 5.99. The van der Waals surface area contributed by atoms with E-state index in [0.717, 1.165) is 12.3 Å². The minimum atomic E-state index is 0.0453. The van der Waals surface area contributed by atoms with Gasteiger partial charge in [0.1, 0.15) is 11.5 Å². The highest BCUT2D eigenvalue weighted by atomic mass is 35.5. The largest absolute Gasteiger partial charge is 0.458 e. The molecule has 1 unspecified atom stereocenters. The van der Waals surface area contributed by atoms with E-state index < -0.39 is 0 Å². The number of amides is 1. The summed E-state index contributed by atoms with van der Waals surface area (Å²) in [6.45, 7) is 2.67. The van der Waals surface area contributed by atoms with Crippen molar-refractivity contribution in [2.24, 2.45) is 5.92 Å². The van der Waals surface area contributed by atoms with Crippen LogP contribution >= 0.6 is 11.6 Å². The van der Waals surface area contributed by atoms with Gasteiger partial charge in [-0.05, 0) is 31.4 Å². The summed E-state index contributed by atoms with van der Waals surface area (Å²) in [4.78, 5) is 14.0. The molecule has 0 spiro atoms. The summed E-state index contributed by atoms with van der Waals surface area (Å²) in [5.74, 6) is 2.12. The molecule has 4 heteroatoms. The molecule has 0 saturated heterocycles.